The number of anilines is 3. The lowest BCUT2D eigenvalue weighted by atomic mass is 9.65. The predicted octanol–water partition coefficient (Wildman–Crippen LogP) is 24.0. The summed E-state index contributed by atoms with van der Waals surface area (Å²) in [7, 11) is 0. The average molecular weight is 1180 g/mol. The molecule has 2 heterocycles. The Kier molecular flexibility index (Phi) is 19.1. The second-order valence-electron chi connectivity index (χ2n) is 24.9. The molecule has 2 aliphatic carbocycles. The van der Waals surface area contributed by atoms with Crippen LogP contribution in [0.15, 0.2) is 206 Å². The third-order valence-corrected chi connectivity index (χ3v) is 21.4. The maximum Gasteiger partial charge on any atom is 0.160 e. The van der Waals surface area contributed by atoms with E-state index in [4.69, 9.17) is 0 Å². The zero-order valence-corrected chi connectivity index (χ0v) is 53.7. The van der Waals surface area contributed by atoms with Gasteiger partial charge in [0.2, 0.25) is 0 Å². The molecule has 8 aromatic carbocycles. The summed E-state index contributed by atoms with van der Waals surface area (Å²) in [6, 6.07) is 79.8. The second-order valence-corrected chi connectivity index (χ2v) is 27.0. The number of hydrogen-bond donors (Lipinski definition) is 0. The molecule has 2 aromatic heterocycles. The van der Waals surface area contributed by atoms with E-state index < -0.39 is 10.8 Å². The lowest BCUT2D eigenvalue weighted by molar-refractivity contribution is 0.112. The molecule has 0 aliphatic heterocycles. The molecule has 0 spiro atoms. The van der Waals surface area contributed by atoms with Crippen LogP contribution in [0.2, 0.25) is 0 Å². The molecule has 4 heteroatoms. The number of thiophene rings is 2. The van der Waals surface area contributed by atoms with Crippen molar-refractivity contribution in [2.75, 3.05) is 4.90 Å². The van der Waals surface area contributed by atoms with E-state index in [1.54, 1.807) is 11.3 Å². The quantitative estimate of drug-likeness (QED) is 0.0344. The van der Waals surface area contributed by atoms with Gasteiger partial charge >= 0.3 is 0 Å². The Balaban J connectivity index is 1.08. The highest BCUT2D eigenvalue weighted by Crippen LogP contribution is 2.65. The molecule has 442 valence electrons. The number of aldehydes is 1. The van der Waals surface area contributed by atoms with Crippen LogP contribution in [0.1, 0.15) is 207 Å². The van der Waals surface area contributed by atoms with Gasteiger partial charge in [-0.05, 0) is 195 Å². The van der Waals surface area contributed by atoms with E-state index >= 15 is 0 Å². The molecule has 0 atom stereocenters. The zero-order valence-electron chi connectivity index (χ0n) is 52.0. The van der Waals surface area contributed by atoms with Gasteiger partial charge in [0.05, 0.1) is 15.7 Å². The van der Waals surface area contributed by atoms with E-state index in [0.29, 0.717) is 0 Å². The molecule has 0 N–H and O–H groups in total. The van der Waals surface area contributed by atoms with E-state index in [-0.39, 0.29) is 0 Å². The fourth-order valence-corrected chi connectivity index (χ4v) is 16.8. The van der Waals surface area contributed by atoms with Crippen LogP contribution in [0, 0.1) is 0 Å². The smallest absolute Gasteiger partial charge is 0.160 e. The summed E-state index contributed by atoms with van der Waals surface area (Å²) < 4.78 is 0. The lowest BCUT2D eigenvalue weighted by Crippen LogP contribution is -2.30. The van der Waals surface area contributed by atoms with Gasteiger partial charge in [-0.25, -0.2) is 0 Å². The van der Waals surface area contributed by atoms with Crippen LogP contribution in [0.25, 0.3) is 31.3 Å². The Labute approximate surface area is 528 Å². The molecule has 0 radical (unpaired) electrons. The number of para-hydroxylation sites is 2. The minimum Gasteiger partial charge on any atom is -0.311 e. The molecule has 12 rings (SSSR count). The monoisotopic (exact) mass is 1180 g/mol. The van der Waals surface area contributed by atoms with E-state index in [1.165, 1.54) is 201 Å². The van der Waals surface area contributed by atoms with Gasteiger partial charge in [-0.2, -0.15) is 0 Å². The van der Waals surface area contributed by atoms with Crippen molar-refractivity contribution < 1.29 is 4.79 Å². The SMILES string of the molecule is CCCCCCc1ccc(C2(c3ccc(CCCCCC)cc3)c3cc4c(cc3-c3sc(C=O)cc32)C(c2ccc(CCCCCC)cc2)(c2ccc(CCCCCC)cc2)c2cc(-c3ccc(N(c5ccccc5)c5ccccc5)cc3)sc2-4)cc1. The van der Waals surface area contributed by atoms with Gasteiger partial charge in [0, 0.05) is 31.7 Å². The Morgan fingerprint density at radius 3 is 1.05 bits per heavy atom. The van der Waals surface area contributed by atoms with Gasteiger partial charge in [0.1, 0.15) is 0 Å². The maximum absolute atomic E-state index is 13.3. The van der Waals surface area contributed by atoms with Crippen LogP contribution in [0.4, 0.5) is 17.1 Å². The molecular weight excluding hydrogens is 1090 g/mol. The molecular formula is C83H87NOS2. The predicted molar refractivity (Wildman–Crippen MR) is 374 cm³/mol. The summed E-state index contributed by atoms with van der Waals surface area (Å²) in [5.74, 6) is 0. The molecule has 0 saturated carbocycles. The van der Waals surface area contributed by atoms with Crippen LogP contribution >= 0.6 is 22.7 Å². The molecule has 0 bridgehead atoms. The minimum absolute atomic E-state index is 0.637. The molecule has 0 amide bonds. The average Bonchev–Trinajstić information content (AvgIpc) is 1.53. The number of benzene rings is 8. The number of hydrogen-bond acceptors (Lipinski definition) is 4. The number of carbonyl (C=O) groups excluding carboxylic acids is 1. The number of fused-ring (bicyclic) bond motifs is 6. The highest BCUT2D eigenvalue weighted by molar-refractivity contribution is 7.19. The third kappa shape index (κ3) is 11.9. The van der Waals surface area contributed by atoms with E-state index in [1.807, 2.05) is 11.3 Å². The maximum atomic E-state index is 13.3. The number of rotatable bonds is 29. The normalized spacial score (nSPS) is 13.3. The van der Waals surface area contributed by atoms with E-state index in [9.17, 15) is 4.79 Å². The van der Waals surface area contributed by atoms with Crippen LogP contribution in [0.5, 0.6) is 0 Å². The van der Waals surface area contributed by atoms with Crippen molar-refractivity contribution in [3.8, 4) is 31.3 Å². The van der Waals surface area contributed by atoms with Gasteiger partial charge in [-0.1, -0.05) is 250 Å². The highest BCUT2D eigenvalue weighted by Gasteiger charge is 2.53. The summed E-state index contributed by atoms with van der Waals surface area (Å²) in [6.07, 6.45) is 25.3. The number of nitrogens with zero attached hydrogens (tertiary/aromatic N) is 1. The van der Waals surface area contributed by atoms with E-state index in [2.05, 4.69) is 239 Å². The Hall–Kier alpha value is -7.37. The van der Waals surface area contributed by atoms with Gasteiger partial charge in [0.25, 0.3) is 0 Å². The lowest BCUT2D eigenvalue weighted by Gasteiger charge is -2.35. The van der Waals surface area contributed by atoms with Crippen LogP contribution < -0.4 is 4.90 Å². The summed E-state index contributed by atoms with van der Waals surface area (Å²) in [4.78, 5) is 20.2. The molecule has 0 unspecified atom stereocenters. The van der Waals surface area contributed by atoms with Crippen LogP contribution in [-0.2, 0) is 36.5 Å². The minimum atomic E-state index is -0.664. The fraction of sp³-hybridized carbons (Fsp3) is 0.313. The summed E-state index contributed by atoms with van der Waals surface area (Å²) in [6.45, 7) is 9.18. The Morgan fingerprint density at radius 1 is 0.345 bits per heavy atom. The molecule has 0 saturated heterocycles. The summed E-state index contributed by atoms with van der Waals surface area (Å²) >= 11 is 3.63. The van der Waals surface area contributed by atoms with E-state index in [0.717, 1.165) is 53.9 Å². The van der Waals surface area contributed by atoms with Crippen molar-refractivity contribution in [3.05, 3.63) is 278 Å². The van der Waals surface area contributed by atoms with Gasteiger partial charge < -0.3 is 4.90 Å². The topological polar surface area (TPSA) is 20.3 Å². The Bertz CT molecular complexity index is 3700. The zero-order chi connectivity index (χ0) is 59.6. The molecule has 10 aromatic rings. The van der Waals surface area contributed by atoms with Crippen molar-refractivity contribution in [1.82, 2.24) is 0 Å². The molecule has 0 fully saturated rings. The van der Waals surface area contributed by atoms with Gasteiger partial charge in [0.15, 0.2) is 6.29 Å². The first-order valence-corrected chi connectivity index (χ1v) is 34.9. The first-order chi connectivity index (χ1) is 42.9. The van der Waals surface area contributed by atoms with Gasteiger partial charge in [-0.15, -0.1) is 22.7 Å². The largest absolute Gasteiger partial charge is 0.311 e. The van der Waals surface area contributed by atoms with Crippen molar-refractivity contribution >= 4 is 46.0 Å². The highest BCUT2D eigenvalue weighted by atomic mass is 32.1. The van der Waals surface area contributed by atoms with Crippen molar-refractivity contribution in [2.24, 2.45) is 0 Å². The number of unbranched alkanes of at least 4 members (excludes halogenated alkanes) is 12. The molecule has 2 aliphatic rings. The summed E-state index contributed by atoms with van der Waals surface area (Å²) in [5, 5.41) is 0. The summed E-state index contributed by atoms with van der Waals surface area (Å²) in [5.41, 5.74) is 21.7. The van der Waals surface area contributed by atoms with Crippen molar-refractivity contribution in [3.63, 3.8) is 0 Å². The third-order valence-electron chi connectivity index (χ3n) is 19.1. The first-order valence-electron chi connectivity index (χ1n) is 33.2. The Morgan fingerprint density at radius 2 is 0.690 bits per heavy atom. The van der Waals surface area contributed by atoms with Gasteiger partial charge in [-0.3, -0.25) is 4.79 Å². The first kappa shape index (κ1) is 59.9. The van der Waals surface area contributed by atoms with Crippen molar-refractivity contribution in [2.45, 2.75) is 167 Å². The fourth-order valence-electron chi connectivity index (χ4n) is 14.5. The number of carbonyl (C=O) groups is 1. The number of aryl methyl sites for hydroxylation is 4. The second kappa shape index (κ2) is 27.8. The molecule has 2 nitrogen and oxygen atoms in total. The van der Waals surface area contributed by atoms with Crippen LogP contribution in [-0.4, -0.2) is 6.29 Å². The molecule has 87 heavy (non-hydrogen) atoms. The van der Waals surface area contributed by atoms with Crippen molar-refractivity contribution in [1.29, 1.82) is 0 Å². The van der Waals surface area contributed by atoms with Crippen LogP contribution in [0.3, 0.4) is 0 Å². The standard InChI is InChI=1S/C83H87NOS2/c1-5-9-13-19-27-60-35-45-65(46-36-60)82(66-47-37-61(38-48-66)28-20-14-10-6-2)75-57-74-76(56-73(75)80-77(82)55-72(59-85)86-80)83(67-49-39-62(40-50-67)29-21-15-11-7-3,68-51-41-63(42-52-68)30-22-16-12-8-4)78-58-79(87-81(74)78)64-43-53-71(54-44-64)84(69-31-23-17-24-32-69)70-33-25-18-26-34-70/h17-18,23-26,31-59H,5-16,19-22,27-30H2,1-4H3.